The van der Waals surface area contributed by atoms with Crippen molar-refractivity contribution in [3.05, 3.63) is 41.5 Å². The van der Waals surface area contributed by atoms with Gasteiger partial charge in [-0.05, 0) is 38.1 Å². The smallest absolute Gasteiger partial charge is 0.0535 e. The average Bonchev–Trinajstić information content (AvgIpc) is 2.72. The molecule has 1 aliphatic rings. The monoisotopic (exact) mass is 244 g/mol. The van der Waals surface area contributed by atoms with E-state index in [0.717, 1.165) is 13.1 Å². The average molecular weight is 244 g/mol. The Morgan fingerprint density at radius 3 is 2.89 bits per heavy atom. The third kappa shape index (κ3) is 2.94. The zero-order valence-electron chi connectivity index (χ0n) is 11.7. The summed E-state index contributed by atoms with van der Waals surface area (Å²) in [6.45, 7) is 6.47. The minimum atomic E-state index is 0.449. The minimum Gasteiger partial charge on any atom is -0.385 e. The Bertz CT molecular complexity index is 423. The highest BCUT2D eigenvalue weighted by Gasteiger charge is 2.22. The van der Waals surface area contributed by atoms with Crippen molar-refractivity contribution in [3.8, 4) is 0 Å². The molecule has 0 amide bonds. The Balaban J connectivity index is 2.17. The zero-order chi connectivity index (χ0) is 13.0. The van der Waals surface area contributed by atoms with Crippen LogP contribution in [0.2, 0.25) is 0 Å². The second-order valence-electron chi connectivity index (χ2n) is 5.09. The molecule has 98 valence electrons. The summed E-state index contributed by atoms with van der Waals surface area (Å²) in [7, 11) is 2.21. The molecule has 0 fully saturated rings. The van der Waals surface area contributed by atoms with Crippen LogP contribution < -0.4 is 5.32 Å². The van der Waals surface area contributed by atoms with E-state index in [1.54, 1.807) is 5.57 Å². The topological polar surface area (TPSA) is 15.3 Å². The molecule has 0 aromatic heterocycles. The molecule has 0 saturated carbocycles. The molecule has 1 N–H and O–H groups in total. The second-order valence-corrected chi connectivity index (χ2v) is 5.09. The quantitative estimate of drug-likeness (QED) is 0.792. The van der Waals surface area contributed by atoms with Crippen molar-refractivity contribution < 1.29 is 0 Å². The van der Waals surface area contributed by atoms with Crippen molar-refractivity contribution >= 4 is 5.69 Å². The van der Waals surface area contributed by atoms with Crippen LogP contribution in [0.15, 0.2) is 35.9 Å². The Labute approximate surface area is 111 Å². The predicted octanol–water partition coefficient (Wildman–Crippen LogP) is 3.83. The summed E-state index contributed by atoms with van der Waals surface area (Å²) >= 11 is 0. The summed E-state index contributed by atoms with van der Waals surface area (Å²) in [6.07, 6.45) is 4.91. The number of benzene rings is 1. The van der Waals surface area contributed by atoms with Gasteiger partial charge in [0.15, 0.2) is 0 Å². The molecule has 1 aromatic rings. The summed E-state index contributed by atoms with van der Waals surface area (Å²) < 4.78 is 0. The molecule has 0 bridgehead atoms. The molecule has 1 aliphatic heterocycles. The van der Waals surface area contributed by atoms with Crippen LogP contribution in [0.5, 0.6) is 0 Å². The van der Waals surface area contributed by atoms with Crippen LogP contribution in [0.25, 0.3) is 0 Å². The molecule has 2 heteroatoms. The van der Waals surface area contributed by atoms with E-state index in [9.17, 15) is 0 Å². The number of rotatable bonds is 5. The van der Waals surface area contributed by atoms with E-state index in [2.05, 4.69) is 61.5 Å². The fourth-order valence-corrected chi connectivity index (χ4v) is 2.69. The van der Waals surface area contributed by atoms with Gasteiger partial charge in [0.25, 0.3) is 0 Å². The molecule has 0 spiro atoms. The SMILES string of the molecule is CCCC1=CC(c2cccc(NCC)c2)N(C)C1. The third-order valence-corrected chi connectivity index (χ3v) is 3.50. The number of anilines is 1. The van der Waals surface area contributed by atoms with E-state index in [0.29, 0.717) is 6.04 Å². The van der Waals surface area contributed by atoms with Crippen LogP contribution >= 0.6 is 0 Å². The summed E-state index contributed by atoms with van der Waals surface area (Å²) in [6, 6.07) is 9.24. The molecule has 0 aliphatic carbocycles. The van der Waals surface area contributed by atoms with Gasteiger partial charge in [-0.15, -0.1) is 0 Å². The lowest BCUT2D eigenvalue weighted by Crippen LogP contribution is -2.19. The summed E-state index contributed by atoms with van der Waals surface area (Å²) in [5.74, 6) is 0. The van der Waals surface area contributed by atoms with Crippen LogP contribution in [0.3, 0.4) is 0 Å². The van der Waals surface area contributed by atoms with E-state index >= 15 is 0 Å². The number of hydrogen-bond donors (Lipinski definition) is 1. The first-order chi connectivity index (χ1) is 8.74. The number of hydrogen-bond acceptors (Lipinski definition) is 2. The lowest BCUT2D eigenvalue weighted by molar-refractivity contribution is 0.335. The van der Waals surface area contributed by atoms with E-state index in [1.165, 1.54) is 24.1 Å². The lowest BCUT2D eigenvalue weighted by atomic mass is 10.0. The number of nitrogens with zero attached hydrogens (tertiary/aromatic N) is 1. The van der Waals surface area contributed by atoms with Crippen molar-refractivity contribution in [2.45, 2.75) is 32.7 Å². The van der Waals surface area contributed by atoms with Crippen LogP contribution in [-0.4, -0.2) is 25.0 Å². The molecule has 18 heavy (non-hydrogen) atoms. The first kappa shape index (κ1) is 13.2. The lowest BCUT2D eigenvalue weighted by Gasteiger charge is -2.20. The van der Waals surface area contributed by atoms with Gasteiger partial charge in [0, 0.05) is 18.8 Å². The Hall–Kier alpha value is -1.28. The Morgan fingerprint density at radius 1 is 1.33 bits per heavy atom. The summed E-state index contributed by atoms with van der Waals surface area (Å²) in [4.78, 5) is 2.43. The molecule has 0 radical (unpaired) electrons. The third-order valence-electron chi connectivity index (χ3n) is 3.50. The number of likely N-dealkylation sites (N-methyl/N-ethyl adjacent to an activating group) is 1. The van der Waals surface area contributed by atoms with Crippen LogP contribution in [0.4, 0.5) is 5.69 Å². The normalized spacial score (nSPS) is 19.9. The first-order valence-electron chi connectivity index (χ1n) is 6.98. The predicted molar refractivity (Wildman–Crippen MR) is 79.0 cm³/mol. The minimum absolute atomic E-state index is 0.449. The van der Waals surface area contributed by atoms with Gasteiger partial charge in [-0.2, -0.15) is 0 Å². The summed E-state index contributed by atoms with van der Waals surface area (Å²) in [5, 5.41) is 3.38. The molecule has 2 nitrogen and oxygen atoms in total. The largest absolute Gasteiger partial charge is 0.385 e. The van der Waals surface area contributed by atoms with E-state index < -0.39 is 0 Å². The van der Waals surface area contributed by atoms with Crippen molar-refractivity contribution in [1.82, 2.24) is 4.90 Å². The van der Waals surface area contributed by atoms with E-state index in [4.69, 9.17) is 0 Å². The van der Waals surface area contributed by atoms with Gasteiger partial charge < -0.3 is 5.32 Å². The fourth-order valence-electron chi connectivity index (χ4n) is 2.69. The zero-order valence-corrected chi connectivity index (χ0v) is 11.7. The second kappa shape index (κ2) is 6.05. The van der Waals surface area contributed by atoms with Gasteiger partial charge >= 0.3 is 0 Å². The molecule has 1 atom stereocenters. The molecule has 2 rings (SSSR count). The maximum Gasteiger partial charge on any atom is 0.0535 e. The highest BCUT2D eigenvalue weighted by Crippen LogP contribution is 2.31. The number of nitrogens with one attached hydrogen (secondary N) is 1. The molecule has 1 unspecified atom stereocenters. The van der Waals surface area contributed by atoms with Gasteiger partial charge in [-0.3, -0.25) is 4.90 Å². The Kier molecular flexibility index (Phi) is 4.43. The molecular formula is C16H24N2. The van der Waals surface area contributed by atoms with Gasteiger partial charge in [0.2, 0.25) is 0 Å². The fraction of sp³-hybridized carbons (Fsp3) is 0.500. The van der Waals surface area contributed by atoms with Gasteiger partial charge in [0.05, 0.1) is 6.04 Å². The maximum absolute atomic E-state index is 3.38. The maximum atomic E-state index is 3.38. The molecule has 1 heterocycles. The molecule has 1 aromatic carbocycles. The van der Waals surface area contributed by atoms with Crippen LogP contribution in [0, 0.1) is 0 Å². The highest BCUT2D eigenvalue weighted by atomic mass is 15.1. The van der Waals surface area contributed by atoms with E-state index in [1.807, 2.05) is 0 Å². The Morgan fingerprint density at radius 2 is 2.17 bits per heavy atom. The van der Waals surface area contributed by atoms with E-state index in [-0.39, 0.29) is 0 Å². The molecular weight excluding hydrogens is 220 g/mol. The van der Waals surface area contributed by atoms with Crippen molar-refractivity contribution in [2.24, 2.45) is 0 Å². The van der Waals surface area contributed by atoms with Gasteiger partial charge in [-0.25, -0.2) is 0 Å². The van der Waals surface area contributed by atoms with Gasteiger partial charge in [0.1, 0.15) is 0 Å². The van der Waals surface area contributed by atoms with Gasteiger partial charge in [-0.1, -0.05) is 37.1 Å². The molecule has 0 saturated heterocycles. The van der Waals surface area contributed by atoms with Crippen molar-refractivity contribution in [2.75, 3.05) is 25.5 Å². The van der Waals surface area contributed by atoms with Crippen molar-refractivity contribution in [3.63, 3.8) is 0 Å². The highest BCUT2D eigenvalue weighted by molar-refractivity contribution is 5.47. The standard InChI is InChI=1S/C16H24N2/c1-4-7-13-10-16(18(3)12-13)14-8-6-9-15(11-14)17-5-2/h6,8-11,16-17H,4-5,7,12H2,1-3H3. The van der Waals surface area contributed by atoms with Crippen LogP contribution in [0.1, 0.15) is 38.3 Å². The van der Waals surface area contributed by atoms with Crippen LogP contribution in [-0.2, 0) is 0 Å². The first-order valence-corrected chi connectivity index (χ1v) is 6.98. The summed E-state index contributed by atoms with van der Waals surface area (Å²) in [5.41, 5.74) is 4.20. The van der Waals surface area contributed by atoms with Crippen molar-refractivity contribution in [1.29, 1.82) is 0 Å².